The van der Waals surface area contributed by atoms with E-state index in [-0.39, 0.29) is 38.0 Å². The Balaban J connectivity index is 2.00. The summed E-state index contributed by atoms with van der Waals surface area (Å²) in [6, 6.07) is 8.10. The summed E-state index contributed by atoms with van der Waals surface area (Å²) in [7, 11) is -4.74. The molecule has 0 aromatic heterocycles. The number of hydrogen-bond donors (Lipinski definition) is 3. The van der Waals surface area contributed by atoms with Gasteiger partial charge in [0.2, 0.25) is 0 Å². The van der Waals surface area contributed by atoms with Crippen molar-refractivity contribution in [1.29, 1.82) is 0 Å². The fourth-order valence-corrected chi connectivity index (χ4v) is 3.78. The molecule has 0 radical (unpaired) electrons. The summed E-state index contributed by atoms with van der Waals surface area (Å²) in [6.45, 7) is 1.14. The van der Waals surface area contributed by atoms with E-state index < -0.39 is 43.4 Å². The van der Waals surface area contributed by atoms with Gasteiger partial charge in [-0.15, -0.1) is 0 Å². The van der Waals surface area contributed by atoms with Crippen molar-refractivity contribution >= 4 is 7.82 Å². The van der Waals surface area contributed by atoms with Gasteiger partial charge in [0.15, 0.2) is 0 Å². The van der Waals surface area contributed by atoms with Crippen LogP contribution in [-0.2, 0) is 34.3 Å². The number of nitrogens with two attached hydrogens (primary N) is 1. The van der Waals surface area contributed by atoms with Crippen LogP contribution in [0.15, 0.2) is 42.5 Å². The van der Waals surface area contributed by atoms with Crippen molar-refractivity contribution < 1.29 is 50.0 Å². The van der Waals surface area contributed by atoms with Crippen molar-refractivity contribution in [2.75, 3.05) is 13.2 Å². The van der Waals surface area contributed by atoms with Crippen molar-refractivity contribution in [3.63, 3.8) is 0 Å². The molecular formula is C23H28F6NO5P. The van der Waals surface area contributed by atoms with E-state index in [1.165, 1.54) is 24.3 Å². The van der Waals surface area contributed by atoms with Crippen LogP contribution in [0.25, 0.3) is 0 Å². The molecule has 2 aromatic rings. The van der Waals surface area contributed by atoms with Crippen LogP contribution in [0.3, 0.4) is 0 Å². The third-order valence-corrected chi connectivity index (χ3v) is 6.10. The summed E-state index contributed by atoms with van der Waals surface area (Å²) in [4.78, 5) is 17.7. The number of halogens is 6. The third kappa shape index (κ3) is 9.74. The lowest BCUT2D eigenvalue weighted by Gasteiger charge is -2.28. The molecule has 0 spiro atoms. The SMILES string of the molecule is CC[C@](N)(CCc1ccc(OCCCc2ccc(C(F)(F)F)cc2)c(C(F)(F)F)c1)COP(=O)(O)O. The monoisotopic (exact) mass is 543 g/mol. The van der Waals surface area contributed by atoms with Crippen LogP contribution in [-0.4, -0.2) is 28.5 Å². The summed E-state index contributed by atoms with van der Waals surface area (Å²) >= 11 is 0. The highest BCUT2D eigenvalue weighted by Crippen LogP contribution is 2.39. The quantitative estimate of drug-likeness (QED) is 0.176. The number of benzene rings is 2. The lowest BCUT2D eigenvalue weighted by atomic mass is 9.90. The first-order chi connectivity index (χ1) is 16.5. The predicted octanol–water partition coefficient (Wildman–Crippen LogP) is 5.89. The van der Waals surface area contributed by atoms with Crippen LogP contribution >= 0.6 is 7.82 Å². The van der Waals surface area contributed by atoms with E-state index in [2.05, 4.69) is 4.52 Å². The van der Waals surface area contributed by atoms with Gasteiger partial charge in [-0.1, -0.05) is 25.1 Å². The average molecular weight is 543 g/mol. The fourth-order valence-electron chi connectivity index (χ4n) is 3.36. The number of rotatable bonds is 12. The maximum Gasteiger partial charge on any atom is 0.469 e. The Labute approximate surface area is 204 Å². The number of phosphoric ester groups is 1. The highest BCUT2D eigenvalue weighted by atomic mass is 31.2. The molecule has 0 aliphatic carbocycles. The van der Waals surface area contributed by atoms with Crippen LogP contribution in [0.1, 0.15) is 48.4 Å². The molecule has 36 heavy (non-hydrogen) atoms. The Kier molecular flexibility index (Phi) is 10.0. The van der Waals surface area contributed by atoms with E-state index in [4.69, 9.17) is 20.3 Å². The summed E-state index contributed by atoms with van der Waals surface area (Å²) in [5.41, 5.74) is 4.09. The smallest absolute Gasteiger partial charge is 0.469 e. The van der Waals surface area contributed by atoms with Gasteiger partial charge in [-0.3, -0.25) is 4.52 Å². The lowest BCUT2D eigenvalue weighted by Crippen LogP contribution is -2.44. The lowest BCUT2D eigenvalue weighted by molar-refractivity contribution is -0.139. The van der Waals surface area contributed by atoms with E-state index in [1.54, 1.807) is 6.92 Å². The fraction of sp³-hybridized carbons (Fsp3) is 0.478. The Morgan fingerprint density at radius 1 is 0.917 bits per heavy atom. The Morgan fingerprint density at radius 2 is 1.53 bits per heavy atom. The van der Waals surface area contributed by atoms with Crippen LogP contribution in [0.5, 0.6) is 5.75 Å². The molecule has 4 N–H and O–H groups in total. The number of phosphoric acid groups is 1. The Hall–Kier alpha value is -2.11. The normalized spacial score (nSPS) is 14.5. The van der Waals surface area contributed by atoms with Crippen LogP contribution in [0.4, 0.5) is 26.3 Å². The number of alkyl halides is 6. The van der Waals surface area contributed by atoms with Crippen LogP contribution < -0.4 is 10.5 Å². The highest BCUT2D eigenvalue weighted by molar-refractivity contribution is 7.46. The van der Waals surface area contributed by atoms with Gasteiger partial charge < -0.3 is 20.3 Å². The topological polar surface area (TPSA) is 102 Å². The molecule has 0 unspecified atom stereocenters. The van der Waals surface area contributed by atoms with Gasteiger partial charge in [-0.25, -0.2) is 4.57 Å². The van der Waals surface area contributed by atoms with Gasteiger partial charge in [0.05, 0.1) is 24.3 Å². The van der Waals surface area contributed by atoms with E-state index in [9.17, 15) is 30.9 Å². The molecule has 0 saturated carbocycles. The zero-order valence-corrected chi connectivity index (χ0v) is 20.3. The molecule has 13 heteroatoms. The molecule has 0 amide bonds. The molecule has 6 nitrogen and oxygen atoms in total. The molecule has 2 rings (SSSR count). The van der Waals surface area contributed by atoms with Crippen molar-refractivity contribution in [3.8, 4) is 5.75 Å². The van der Waals surface area contributed by atoms with Crippen molar-refractivity contribution in [3.05, 3.63) is 64.7 Å². The Bertz CT molecular complexity index is 1040. The number of hydrogen-bond acceptors (Lipinski definition) is 4. The molecule has 202 valence electrons. The minimum absolute atomic E-state index is 0.0785. The third-order valence-electron chi connectivity index (χ3n) is 5.63. The highest BCUT2D eigenvalue weighted by Gasteiger charge is 2.35. The summed E-state index contributed by atoms with van der Waals surface area (Å²) in [5.74, 6) is -0.377. The minimum atomic E-state index is -4.74. The van der Waals surface area contributed by atoms with Gasteiger partial charge in [0, 0.05) is 5.54 Å². The van der Waals surface area contributed by atoms with Crippen LogP contribution in [0, 0.1) is 0 Å². The zero-order valence-electron chi connectivity index (χ0n) is 19.4. The second-order valence-electron chi connectivity index (χ2n) is 8.45. The first-order valence-electron chi connectivity index (χ1n) is 11.0. The summed E-state index contributed by atoms with van der Waals surface area (Å²) < 4.78 is 99.5. The largest absolute Gasteiger partial charge is 0.493 e. The van der Waals surface area contributed by atoms with Gasteiger partial charge in [0.1, 0.15) is 5.75 Å². The Morgan fingerprint density at radius 3 is 2.06 bits per heavy atom. The first kappa shape index (κ1) is 30.1. The average Bonchev–Trinajstić information content (AvgIpc) is 2.78. The van der Waals surface area contributed by atoms with E-state index in [1.807, 2.05) is 0 Å². The maximum atomic E-state index is 13.6. The number of aryl methyl sites for hydroxylation is 2. The molecule has 2 aromatic carbocycles. The standard InChI is InChI=1S/C23H28F6NO5P/c1-2-21(30,15-35-36(31,32)33)12-11-17-7-10-20(19(14-17)23(27,28)29)34-13-3-4-16-5-8-18(9-6-16)22(24,25)26/h5-10,14H,2-4,11-13,15,30H2,1H3,(H2,31,32,33)/t21-/m0/s1. The molecule has 0 fully saturated rings. The van der Waals surface area contributed by atoms with E-state index >= 15 is 0 Å². The summed E-state index contributed by atoms with van der Waals surface area (Å²) in [5, 5.41) is 0. The van der Waals surface area contributed by atoms with Gasteiger partial charge in [0.25, 0.3) is 0 Å². The number of ether oxygens (including phenoxy) is 1. The van der Waals surface area contributed by atoms with Gasteiger partial charge in [-0.2, -0.15) is 26.3 Å². The molecule has 1 atom stereocenters. The van der Waals surface area contributed by atoms with Crippen molar-refractivity contribution in [1.82, 2.24) is 0 Å². The predicted molar refractivity (Wildman–Crippen MR) is 120 cm³/mol. The van der Waals surface area contributed by atoms with Crippen molar-refractivity contribution in [2.45, 2.75) is 56.9 Å². The van der Waals surface area contributed by atoms with E-state index in [0.717, 1.165) is 18.2 Å². The second-order valence-corrected chi connectivity index (χ2v) is 9.69. The molecule has 0 aliphatic rings. The maximum absolute atomic E-state index is 13.6. The molecule has 0 heterocycles. The van der Waals surface area contributed by atoms with E-state index in [0.29, 0.717) is 17.5 Å². The minimum Gasteiger partial charge on any atom is -0.493 e. The van der Waals surface area contributed by atoms with Crippen molar-refractivity contribution in [2.24, 2.45) is 5.73 Å². The van der Waals surface area contributed by atoms with Crippen LogP contribution in [0.2, 0.25) is 0 Å². The van der Waals surface area contributed by atoms with Gasteiger partial charge in [-0.05, 0) is 67.5 Å². The molecular weight excluding hydrogens is 515 g/mol. The van der Waals surface area contributed by atoms with Gasteiger partial charge >= 0.3 is 20.2 Å². The zero-order chi connectivity index (χ0) is 27.2. The summed E-state index contributed by atoms with van der Waals surface area (Å²) in [6.07, 6.45) is -8.03. The molecule has 0 saturated heterocycles. The first-order valence-corrected chi connectivity index (χ1v) is 12.5. The molecule has 0 bridgehead atoms. The molecule has 0 aliphatic heterocycles. The second kappa shape index (κ2) is 12.0.